The number of carbonyl (C=O) groups is 1. The SMILES string of the molecule is CC(C)Cc1nnc(CC2CCN(C(=O)c3nccn3C)C2)o1. The number of hydrogen-bond donors (Lipinski definition) is 0. The van der Waals surface area contributed by atoms with Crippen molar-refractivity contribution in [2.45, 2.75) is 33.1 Å². The summed E-state index contributed by atoms with van der Waals surface area (Å²) in [6, 6.07) is 0. The van der Waals surface area contributed by atoms with Crippen LogP contribution in [-0.2, 0) is 19.9 Å². The molecule has 0 saturated carbocycles. The van der Waals surface area contributed by atoms with Gasteiger partial charge in [0.15, 0.2) is 5.82 Å². The van der Waals surface area contributed by atoms with Crippen LogP contribution in [0, 0.1) is 11.8 Å². The third kappa shape index (κ3) is 3.60. The lowest BCUT2D eigenvalue weighted by Crippen LogP contribution is -2.31. The van der Waals surface area contributed by atoms with E-state index in [-0.39, 0.29) is 5.91 Å². The number of hydrogen-bond acceptors (Lipinski definition) is 5. The second kappa shape index (κ2) is 6.52. The highest BCUT2D eigenvalue weighted by atomic mass is 16.4. The minimum Gasteiger partial charge on any atom is -0.425 e. The summed E-state index contributed by atoms with van der Waals surface area (Å²) in [4.78, 5) is 18.4. The fraction of sp³-hybridized carbons (Fsp3) is 0.625. The van der Waals surface area contributed by atoms with Gasteiger partial charge in [0, 0.05) is 45.4 Å². The summed E-state index contributed by atoms with van der Waals surface area (Å²) in [5.74, 6) is 2.73. The lowest BCUT2D eigenvalue weighted by molar-refractivity contribution is 0.0771. The van der Waals surface area contributed by atoms with Crippen molar-refractivity contribution in [2.24, 2.45) is 18.9 Å². The molecule has 1 saturated heterocycles. The zero-order valence-electron chi connectivity index (χ0n) is 13.9. The Morgan fingerprint density at radius 3 is 2.87 bits per heavy atom. The van der Waals surface area contributed by atoms with Crippen LogP contribution in [0.1, 0.15) is 42.7 Å². The first-order valence-electron chi connectivity index (χ1n) is 8.10. The largest absolute Gasteiger partial charge is 0.425 e. The minimum absolute atomic E-state index is 0.00831. The molecule has 1 aliphatic heterocycles. The average Bonchev–Trinajstić information content (AvgIpc) is 3.20. The van der Waals surface area contributed by atoms with Gasteiger partial charge in [-0.25, -0.2) is 4.98 Å². The molecule has 2 aromatic rings. The van der Waals surface area contributed by atoms with Gasteiger partial charge in [-0.1, -0.05) is 13.8 Å². The zero-order valence-corrected chi connectivity index (χ0v) is 13.9. The summed E-state index contributed by atoms with van der Waals surface area (Å²) in [5, 5.41) is 8.22. The number of aromatic nitrogens is 4. The lowest BCUT2D eigenvalue weighted by Gasteiger charge is -2.15. The topological polar surface area (TPSA) is 77.1 Å². The van der Waals surface area contributed by atoms with Crippen LogP contribution in [-0.4, -0.2) is 43.6 Å². The van der Waals surface area contributed by atoms with Crippen LogP contribution in [0.15, 0.2) is 16.8 Å². The third-order valence-electron chi connectivity index (χ3n) is 4.14. The van der Waals surface area contributed by atoms with Crippen LogP contribution >= 0.6 is 0 Å². The maximum absolute atomic E-state index is 12.4. The van der Waals surface area contributed by atoms with Gasteiger partial charge in [0.1, 0.15) is 0 Å². The van der Waals surface area contributed by atoms with Crippen molar-refractivity contribution in [3.05, 3.63) is 30.0 Å². The molecule has 0 aliphatic carbocycles. The molecule has 7 heteroatoms. The normalized spacial score (nSPS) is 18.1. The van der Waals surface area contributed by atoms with Crippen LogP contribution < -0.4 is 0 Å². The fourth-order valence-electron chi connectivity index (χ4n) is 2.95. The van der Waals surface area contributed by atoms with E-state index >= 15 is 0 Å². The number of amides is 1. The second-order valence-electron chi connectivity index (χ2n) is 6.66. The molecule has 1 fully saturated rings. The Balaban J connectivity index is 1.57. The molecule has 124 valence electrons. The van der Waals surface area contributed by atoms with E-state index in [2.05, 4.69) is 29.0 Å². The average molecular weight is 317 g/mol. The van der Waals surface area contributed by atoms with Crippen molar-refractivity contribution in [2.75, 3.05) is 13.1 Å². The zero-order chi connectivity index (χ0) is 16.4. The first kappa shape index (κ1) is 15.7. The van der Waals surface area contributed by atoms with E-state index in [0.717, 1.165) is 25.8 Å². The van der Waals surface area contributed by atoms with Crippen molar-refractivity contribution < 1.29 is 9.21 Å². The molecule has 0 spiro atoms. The molecule has 1 atom stereocenters. The number of aryl methyl sites for hydroxylation is 1. The smallest absolute Gasteiger partial charge is 0.289 e. The molecule has 1 aliphatic rings. The highest BCUT2D eigenvalue weighted by molar-refractivity contribution is 5.91. The predicted molar refractivity (Wildman–Crippen MR) is 83.8 cm³/mol. The number of imidazole rings is 1. The van der Waals surface area contributed by atoms with E-state index in [1.807, 2.05) is 11.9 Å². The van der Waals surface area contributed by atoms with Crippen LogP contribution in [0.25, 0.3) is 0 Å². The summed E-state index contributed by atoms with van der Waals surface area (Å²) in [6.45, 7) is 5.72. The van der Waals surface area contributed by atoms with Crippen molar-refractivity contribution in [1.82, 2.24) is 24.6 Å². The van der Waals surface area contributed by atoms with Gasteiger partial charge in [-0.2, -0.15) is 0 Å². The molecule has 1 unspecified atom stereocenters. The Bertz CT molecular complexity index is 676. The van der Waals surface area contributed by atoms with Gasteiger partial charge in [0.25, 0.3) is 5.91 Å². The van der Waals surface area contributed by atoms with E-state index in [4.69, 9.17) is 4.42 Å². The van der Waals surface area contributed by atoms with Gasteiger partial charge in [-0.3, -0.25) is 4.79 Å². The van der Waals surface area contributed by atoms with Crippen molar-refractivity contribution in [1.29, 1.82) is 0 Å². The van der Waals surface area contributed by atoms with Gasteiger partial charge >= 0.3 is 0 Å². The van der Waals surface area contributed by atoms with Crippen LogP contribution in [0.2, 0.25) is 0 Å². The number of rotatable bonds is 5. The molecular formula is C16H23N5O2. The van der Waals surface area contributed by atoms with E-state index in [1.165, 1.54) is 0 Å². The minimum atomic E-state index is -0.00831. The standard InChI is InChI=1S/C16H23N5O2/c1-11(2)8-13-18-19-14(23-13)9-12-4-6-21(10-12)16(22)15-17-5-7-20(15)3/h5,7,11-12H,4,6,8-10H2,1-3H3. The summed E-state index contributed by atoms with van der Waals surface area (Å²) >= 11 is 0. The van der Waals surface area contributed by atoms with Gasteiger partial charge in [-0.05, 0) is 18.3 Å². The summed E-state index contributed by atoms with van der Waals surface area (Å²) in [6.07, 6.45) is 5.93. The summed E-state index contributed by atoms with van der Waals surface area (Å²) in [7, 11) is 1.84. The van der Waals surface area contributed by atoms with Crippen LogP contribution in [0.3, 0.4) is 0 Å². The molecule has 2 aromatic heterocycles. The Hall–Kier alpha value is -2.18. The van der Waals surface area contributed by atoms with Gasteiger partial charge < -0.3 is 13.9 Å². The summed E-state index contributed by atoms with van der Waals surface area (Å²) in [5.41, 5.74) is 0. The van der Waals surface area contributed by atoms with Crippen molar-refractivity contribution in [3.63, 3.8) is 0 Å². The molecule has 0 aromatic carbocycles. The monoisotopic (exact) mass is 317 g/mol. The predicted octanol–water partition coefficient (Wildman–Crippen LogP) is 1.71. The first-order valence-corrected chi connectivity index (χ1v) is 8.10. The van der Waals surface area contributed by atoms with Crippen molar-refractivity contribution in [3.8, 4) is 0 Å². The van der Waals surface area contributed by atoms with Gasteiger partial charge in [0.05, 0.1) is 0 Å². The highest BCUT2D eigenvalue weighted by Gasteiger charge is 2.29. The second-order valence-corrected chi connectivity index (χ2v) is 6.66. The molecule has 1 amide bonds. The van der Waals surface area contributed by atoms with Crippen LogP contribution in [0.4, 0.5) is 0 Å². The molecule has 0 radical (unpaired) electrons. The van der Waals surface area contributed by atoms with Gasteiger partial charge in [0.2, 0.25) is 11.8 Å². The molecule has 0 bridgehead atoms. The van der Waals surface area contributed by atoms with Gasteiger partial charge in [-0.15, -0.1) is 10.2 Å². The molecule has 3 rings (SSSR count). The summed E-state index contributed by atoms with van der Waals surface area (Å²) < 4.78 is 7.46. The maximum Gasteiger partial charge on any atom is 0.289 e. The molecule has 0 N–H and O–H groups in total. The quantitative estimate of drug-likeness (QED) is 0.839. The number of likely N-dealkylation sites (tertiary alicyclic amines) is 1. The maximum atomic E-state index is 12.4. The Morgan fingerprint density at radius 1 is 1.39 bits per heavy atom. The molecule has 7 nitrogen and oxygen atoms in total. The van der Waals surface area contributed by atoms with E-state index in [1.54, 1.807) is 17.0 Å². The fourth-order valence-corrected chi connectivity index (χ4v) is 2.95. The van der Waals surface area contributed by atoms with E-state index < -0.39 is 0 Å². The lowest BCUT2D eigenvalue weighted by atomic mass is 10.1. The Labute approximate surface area is 135 Å². The van der Waals surface area contributed by atoms with E-state index in [9.17, 15) is 4.79 Å². The molecule has 23 heavy (non-hydrogen) atoms. The highest BCUT2D eigenvalue weighted by Crippen LogP contribution is 2.22. The third-order valence-corrected chi connectivity index (χ3v) is 4.14. The Kier molecular flexibility index (Phi) is 4.45. The first-order chi connectivity index (χ1) is 11.0. The Morgan fingerprint density at radius 2 is 2.17 bits per heavy atom. The number of carbonyl (C=O) groups excluding carboxylic acids is 1. The van der Waals surface area contributed by atoms with E-state index in [0.29, 0.717) is 36.0 Å². The number of nitrogens with zero attached hydrogens (tertiary/aromatic N) is 5. The van der Waals surface area contributed by atoms with Crippen molar-refractivity contribution >= 4 is 5.91 Å². The van der Waals surface area contributed by atoms with Crippen LogP contribution in [0.5, 0.6) is 0 Å². The molecule has 3 heterocycles. The molecular weight excluding hydrogens is 294 g/mol.